The molecule has 1 aliphatic rings. The average Bonchev–Trinajstić information content (AvgIpc) is 3.58. The van der Waals surface area contributed by atoms with E-state index in [2.05, 4.69) is 25.6 Å². The van der Waals surface area contributed by atoms with E-state index >= 15 is 0 Å². The van der Waals surface area contributed by atoms with Crippen molar-refractivity contribution < 1.29 is 17.6 Å². The van der Waals surface area contributed by atoms with Gasteiger partial charge in [-0.25, -0.2) is 18.7 Å². The van der Waals surface area contributed by atoms with Gasteiger partial charge in [-0.3, -0.25) is 4.98 Å². The van der Waals surface area contributed by atoms with Crippen molar-refractivity contribution in [2.75, 3.05) is 17.2 Å². The van der Waals surface area contributed by atoms with E-state index in [1.807, 2.05) is 0 Å². The van der Waals surface area contributed by atoms with Crippen molar-refractivity contribution in [1.82, 2.24) is 15.0 Å². The van der Waals surface area contributed by atoms with Gasteiger partial charge >= 0.3 is 0 Å². The molecule has 0 aliphatic heterocycles. The summed E-state index contributed by atoms with van der Waals surface area (Å²) in [6, 6.07) is 4.43. The maximum absolute atomic E-state index is 13.6. The summed E-state index contributed by atoms with van der Waals surface area (Å²) in [5.41, 5.74) is -0.00698. The van der Waals surface area contributed by atoms with E-state index in [0.717, 1.165) is 33.2 Å². The van der Waals surface area contributed by atoms with Crippen LogP contribution in [0.2, 0.25) is 0 Å². The number of allylic oxidation sites excluding steroid dienone is 4. The second kappa shape index (κ2) is 10.3. The summed E-state index contributed by atoms with van der Waals surface area (Å²) in [7, 11) is 0. The maximum atomic E-state index is 13.6. The molecule has 2 aromatic rings. The van der Waals surface area contributed by atoms with Crippen LogP contribution in [0, 0.1) is 11.3 Å². The number of alkyl halides is 4. The zero-order valence-corrected chi connectivity index (χ0v) is 19.3. The number of hydrogen-bond donors (Lipinski definition) is 3. The van der Waals surface area contributed by atoms with Crippen molar-refractivity contribution in [2.45, 2.75) is 51.9 Å². The third-order valence-corrected chi connectivity index (χ3v) is 5.24. The predicted molar refractivity (Wildman–Crippen MR) is 125 cm³/mol. The van der Waals surface area contributed by atoms with Gasteiger partial charge in [-0.2, -0.15) is 8.78 Å². The molecule has 1 saturated carbocycles. The Morgan fingerprint density at radius 3 is 2.50 bits per heavy atom. The van der Waals surface area contributed by atoms with Crippen LogP contribution in [0.25, 0.3) is 0 Å². The highest BCUT2D eigenvalue weighted by atomic mass is 19.3. The van der Waals surface area contributed by atoms with E-state index in [0.29, 0.717) is 23.2 Å². The van der Waals surface area contributed by atoms with E-state index < -0.39 is 11.8 Å². The minimum atomic E-state index is -3.09. The summed E-state index contributed by atoms with van der Waals surface area (Å²) in [4.78, 5) is 12.5. The lowest BCUT2D eigenvalue weighted by atomic mass is 10.1. The highest BCUT2D eigenvalue weighted by Gasteiger charge is 2.26. The lowest BCUT2D eigenvalue weighted by Crippen LogP contribution is -2.13. The van der Waals surface area contributed by atoms with E-state index in [9.17, 15) is 17.6 Å². The molecule has 0 radical (unpaired) electrons. The Morgan fingerprint density at radius 1 is 1.15 bits per heavy atom. The predicted octanol–water partition coefficient (Wildman–Crippen LogP) is 6.46. The van der Waals surface area contributed by atoms with Crippen LogP contribution in [0.15, 0.2) is 48.2 Å². The summed E-state index contributed by atoms with van der Waals surface area (Å²) < 4.78 is 53.8. The molecule has 3 rings (SSSR count). The largest absolute Gasteiger partial charge is 0.370 e. The minimum absolute atomic E-state index is 0.0826. The molecule has 0 bridgehead atoms. The van der Waals surface area contributed by atoms with Crippen LogP contribution in [0.3, 0.4) is 0 Å². The van der Waals surface area contributed by atoms with Gasteiger partial charge in [0.1, 0.15) is 17.3 Å². The third kappa shape index (κ3) is 7.64. The average molecular weight is 477 g/mol. The van der Waals surface area contributed by atoms with Crippen molar-refractivity contribution in [3.05, 3.63) is 59.7 Å². The Labute approximate surface area is 196 Å². The maximum Gasteiger partial charge on any atom is 0.287 e. The molecule has 0 amide bonds. The quantitative estimate of drug-likeness (QED) is 0.197. The summed E-state index contributed by atoms with van der Waals surface area (Å²) in [6.45, 7) is 3.67. The number of nitrogens with zero attached hydrogens (tertiary/aromatic N) is 3. The van der Waals surface area contributed by atoms with Gasteiger partial charge in [-0.05, 0) is 43.4 Å². The second-order valence-electron chi connectivity index (χ2n) is 8.58. The lowest BCUT2D eigenvalue weighted by Gasteiger charge is -2.13. The Kier molecular flexibility index (Phi) is 7.68. The van der Waals surface area contributed by atoms with Crippen molar-refractivity contribution >= 4 is 23.0 Å². The zero-order valence-electron chi connectivity index (χ0n) is 19.3. The number of anilines is 3. The lowest BCUT2D eigenvalue weighted by molar-refractivity contribution is 0.0128. The first-order valence-electron chi connectivity index (χ1n) is 11.0. The van der Waals surface area contributed by atoms with Crippen molar-refractivity contribution in [2.24, 2.45) is 5.92 Å². The first kappa shape index (κ1) is 25.3. The molecular weight excluding hydrogens is 448 g/mol. The molecule has 2 heterocycles. The van der Waals surface area contributed by atoms with E-state index in [1.54, 1.807) is 18.2 Å². The standard InChI is InChI=1S/C24H28F4N6/c1-15(23(2,25)26)6-4-5-7-18(29)22-33-20(31-14-16-8-9-16)13-21(34-22)32-17-10-11-30-19(12-17)24(3,27)28/h4-6,10-13,16,29H,7-9,14H2,1-3H3,(H2,30,31,32,33,34)/b5-4-,15-6+,29-18?. The monoisotopic (exact) mass is 476 g/mol. The molecule has 0 spiro atoms. The molecule has 1 fully saturated rings. The van der Waals surface area contributed by atoms with Crippen molar-refractivity contribution in [1.29, 1.82) is 5.41 Å². The van der Waals surface area contributed by atoms with Gasteiger partial charge in [0.2, 0.25) is 0 Å². The summed E-state index contributed by atoms with van der Waals surface area (Å²) in [6.07, 6.45) is 8.06. The van der Waals surface area contributed by atoms with Crippen LogP contribution in [-0.2, 0) is 5.92 Å². The molecule has 34 heavy (non-hydrogen) atoms. The van der Waals surface area contributed by atoms with Gasteiger partial charge in [0.05, 0.1) is 5.71 Å². The number of rotatable bonds is 11. The van der Waals surface area contributed by atoms with E-state index in [4.69, 9.17) is 5.41 Å². The topological polar surface area (TPSA) is 86.6 Å². The van der Waals surface area contributed by atoms with Gasteiger partial charge in [0, 0.05) is 44.8 Å². The number of aromatic nitrogens is 3. The fourth-order valence-electron chi connectivity index (χ4n) is 2.84. The van der Waals surface area contributed by atoms with Crippen LogP contribution in [-0.4, -0.2) is 33.1 Å². The number of nitrogens with one attached hydrogen (secondary N) is 3. The molecular formula is C24H28F4N6. The normalized spacial score (nSPS) is 15.0. The SMILES string of the molecule is C/C(=C\C=C/CC(=N)c1nc(NCC2CC2)cc(Nc2ccnc(C(C)(F)F)c2)n1)C(C)(F)F. The van der Waals surface area contributed by atoms with Crippen molar-refractivity contribution in [3.63, 3.8) is 0 Å². The van der Waals surface area contributed by atoms with Crippen LogP contribution in [0.5, 0.6) is 0 Å². The third-order valence-electron chi connectivity index (χ3n) is 5.24. The first-order valence-corrected chi connectivity index (χ1v) is 11.0. The number of hydrogen-bond acceptors (Lipinski definition) is 6. The summed E-state index contributed by atoms with van der Waals surface area (Å²) in [5, 5.41) is 14.6. The molecule has 6 nitrogen and oxygen atoms in total. The van der Waals surface area contributed by atoms with Gasteiger partial charge < -0.3 is 16.0 Å². The zero-order chi connectivity index (χ0) is 24.9. The molecule has 0 atom stereocenters. The van der Waals surface area contributed by atoms with Crippen LogP contribution in [0.4, 0.5) is 34.9 Å². The summed E-state index contributed by atoms with van der Waals surface area (Å²) in [5.74, 6) is -4.44. The highest BCUT2D eigenvalue weighted by Crippen LogP contribution is 2.30. The highest BCUT2D eigenvalue weighted by molar-refractivity contribution is 5.96. The molecule has 2 aromatic heterocycles. The molecule has 0 saturated heterocycles. The number of pyridine rings is 1. The van der Waals surface area contributed by atoms with Crippen LogP contribution in [0.1, 0.15) is 51.6 Å². The fraction of sp³-hybridized carbons (Fsp3) is 0.417. The van der Waals surface area contributed by atoms with E-state index in [1.165, 1.54) is 31.3 Å². The number of halogens is 4. The van der Waals surface area contributed by atoms with Crippen LogP contribution < -0.4 is 10.6 Å². The fourth-order valence-corrected chi connectivity index (χ4v) is 2.84. The first-order chi connectivity index (χ1) is 15.9. The van der Waals surface area contributed by atoms with Crippen LogP contribution >= 0.6 is 0 Å². The summed E-state index contributed by atoms with van der Waals surface area (Å²) >= 11 is 0. The smallest absolute Gasteiger partial charge is 0.287 e. The van der Waals surface area contributed by atoms with Crippen molar-refractivity contribution in [3.8, 4) is 0 Å². The molecule has 0 aromatic carbocycles. The van der Waals surface area contributed by atoms with Gasteiger partial charge in [0.15, 0.2) is 5.82 Å². The Morgan fingerprint density at radius 2 is 1.85 bits per heavy atom. The Hall–Kier alpha value is -3.30. The Bertz CT molecular complexity index is 1080. The second-order valence-corrected chi connectivity index (χ2v) is 8.58. The molecule has 10 heteroatoms. The van der Waals surface area contributed by atoms with Gasteiger partial charge in [-0.15, -0.1) is 0 Å². The Balaban J connectivity index is 1.79. The van der Waals surface area contributed by atoms with E-state index in [-0.39, 0.29) is 29.2 Å². The molecule has 182 valence electrons. The van der Waals surface area contributed by atoms with Gasteiger partial charge in [0.25, 0.3) is 11.8 Å². The molecule has 1 aliphatic carbocycles. The molecule has 0 unspecified atom stereocenters. The van der Waals surface area contributed by atoms with Gasteiger partial charge in [-0.1, -0.05) is 18.2 Å². The minimum Gasteiger partial charge on any atom is -0.370 e. The molecule has 3 N–H and O–H groups in total.